The molecule has 162 valence electrons. The highest BCUT2D eigenvalue weighted by molar-refractivity contribution is 7.91. The summed E-state index contributed by atoms with van der Waals surface area (Å²) in [5.74, 6) is -0.727. The summed E-state index contributed by atoms with van der Waals surface area (Å²) in [5.41, 5.74) is 0.223. The van der Waals surface area contributed by atoms with Gasteiger partial charge in [0.2, 0.25) is 0 Å². The van der Waals surface area contributed by atoms with Crippen molar-refractivity contribution in [1.29, 1.82) is 0 Å². The van der Waals surface area contributed by atoms with Gasteiger partial charge in [0.25, 0.3) is 5.91 Å². The van der Waals surface area contributed by atoms with E-state index >= 15 is 0 Å². The van der Waals surface area contributed by atoms with Crippen molar-refractivity contribution in [1.82, 2.24) is 4.98 Å². The van der Waals surface area contributed by atoms with Crippen LogP contribution in [0.5, 0.6) is 5.75 Å². The average Bonchev–Trinajstić information content (AvgIpc) is 3.21. The summed E-state index contributed by atoms with van der Waals surface area (Å²) in [6.07, 6.45) is 1.42. The summed E-state index contributed by atoms with van der Waals surface area (Å²) in [4.78, 5) is 16.9. The smallest absolute Gasteiger partial charge is 0.260 e. The molecule has 1 aromatic carbocycles. The first kappa shape index (κ1) is 22.2. The maximum atomic E-state index is 13.4. The molecular formula is C21H25FN2O5S. The molecule has 7 nitrogen and oxygen atoms in total. The SMILES string of the molecule is CCCOc1ccc(S(=O)(=O)C[C@H]2CCOC2)cc1C(=O)Nc1ccc(F)c(C)n1. The molecule has 0 aliphatic carbocycles. The number of rotatable bonds is 8. The third-order valence-electron chi connectivity index (χ3n) is 4.76. The number of nitrogens with zero attached hydrogens (tertiary/aromatic N) is 1. The molecule has 1 saturated heterocycles. The lowest BCUT2D eigenvalue weighted by Crippen LogP contribution is -2.19. The molecule has 3 rings (SSSR count). The molecule has 0 spiro atoms. The molecule has 1 aliphatic rings. The molecule has 0 radical (unpaired) electrons. The highest BCUT2D eigenvalue weighted by Gasteiger charge is 2.26. The van der Waals surface area contributed by atoms with E-state index in [1.54, 1.807) is 0 Å². The van der Waals surface area contributed by atoms with Crippen molar-refractivity contribution >= 4 is 21.6 Å². The summed E-state index contributed by atoms with van der Waals surface area (Å²) in [5, 5.41) is 2.58. The molecule has 1 aliphatic heterocycles. The quantitative estimate of drug-likeness (QED) is 0.682. The van der Waals surface area contributed by atoms with Crippen LogP contribution in [0.2, 0.25) is 0 Å². The fourth-order valence-electron chi connectivity index (χ4n) is 3.14. The van der Waals surface area contributed by atoms with E-state index in [1.807, 2.05) is 6.92 Å². The zero-order valence-electron chi connectivity index (χ0n) is 17.0. The van der Waals surface area contributed by atoms with Crippen LogP contribution >= 0.6 is 0 Å². The first-order valence-corrected chi connectivity index (χ1v) is 11.5. The van der Waals surface area contributed by atoms with Crippen molar-refractivity contribution in [3.63, 3.8) is 0 Å². The van der Waals surface area contributed by atoms with Crippen LogP contribution in [0, 0.1) is 18.7 Å². The topological polar surface area (TPSA) is 94.6 Å². The van der Waals surface area contributed by atoms with Crippen LogP contribution in [0.3, 0.4) is 0 Å². The van der Waals surface area contributed by atoms with Gasteiger partial charge in [-0.1, -0.05) is 6.92 Å². The highest BCUT2D eigenvalue weighted by Crippen LogP contribution is 2.27. The Labute approximate surface area is 175 Å². The van der Waals surface area contributed by atoms with E-state index in [4.69, 9.17) is 9.47 Å². The van der Waals surface area contributed by atoms with Gasteiger partial charge in [0.1, 0.15) is 17.4 Å². The average molecular weight is 437 g/mol. The van der Waals surface area contributed by atoms with Crippen molar-refractivity contribution in [2.75, 3.05) is 30.9 Å². The van der Waals surface area contributed by atoms with Crippen molar-refractivity contribution in [3.05, 3.63) is 47.4 Å². The van der Waals surface area contributed by atoms with Crippen molar-refractivity contribution in [2.45, 2.75) is 31.6 Å². The van der Waals surface area contributed by atoms with Gasteiger partial charge in [0.15, 0.2) is 9.84 Å². The van der Waals surface area contributed by atoms with Crippen LogP contribution in [0.25, 0.3) is 0 Å². The van der Waals surface area contributed by atoms with Crippen molar-refractivity contribution in [2.24, 2.45) is 5.92 Å². The fraction of sp³-hybridized carbons (Fsp3) is 0.429. The lowest BCUT2D eigenvalue weighted by Gasteiger charge is -2.14. The van der Waals surface area contributed by atoms with E-state index in [0.29, 0.717) is 26.2 Å². The number of halogens is 1. The molecule has 2 aromatic rings. The van der Waals surface area contributed by atoms with Gasteiger partial charge >= 0.3 is 0 Å². The molecular weight excluding hydrogens is 411 g/mol. The number of ether oxygens (including phenoxy) is 2. The lowest BCUT2D eigenvalue weighted by molar-refractivity contribution is 0.102. The largest absolute Gasteiger partial charge is 0.493 e. The number of carbonyl (C=O) groups is 1. The normalized spacial score (nSPS) is 16.4. The maximum absolute atomic E-state index is 13.4. The lowest BCUT2D eigenvalue weighted by atomic mass is 10.2. The Morgan fingerprint density at radius 1 is 1.33 bits per heavy atom. The third kappa shape index (κ3) is 5.34. The molecule has 9 heteroatoms. The van der Waals surface area contributed by atoms with Crippen molar-refractivity contribution < 1.29 is 27.1 Å². The molecule has 1 fully saturated rings. The summed E-state index contributed by atoms with van der Waals surface area (Å²) >= 11 is 0. The number of carbonyl (C=O) groups excluding carboxylic acids is 1. The molecule has 2 heterocycles. The van der Waals surface area contributed by atoms with Crippen molar-refractivity contribution in [3.8, 4) is 5.75 Å². The number of aryl methyl sites for hydroxylation is 1. The number of amides is 1. The molecule has 0 bridgehead atoms. The maximum Gasteiger partial charge on any atom is 0.260 e. The number of hydrogen-bond donors (Lipinski definition) is 1. The van der Waals surface area contributed by atoms with Crippen LogP contribution < -0.4 is 10.1 Å². The fourth-order valence-corrected chi connectivity index (χ4v) is 4.79. The van der Waals surface area contributed by atoms with Gasteiger partial charge in [-0.15, -0.1) is 0 Å². The second-order valence-electron chi connectivity index (χ2n) is 7.24. The van der Waals surface area contributed by atoms with E-state index in [-0.39, 0.29) is 39.4 Å². The first-order valence-electron chi connectivity index (χ1n) is 9.82. The van der Waals surface area contributed by atoms with Gasteiger partial charge in [0, 0.05) is 6.61 Å². The highest BCUT2D eigenvalue weighted by atomic mass is 32.2. The first-order chi connectivity index (χ1) is 14.3. The van der Waals surface area contributed by atoms with Gasteiger partial charge in [-0.3, -0.25) is 4.79 Å². The number of hydrogen-bond acceptors (Lipinski definition) is 6. The molecule has 1 aromatic heterocycles. The van der Waals surface area contributed by atoms with E-state index in [1.165, 1.54) is 37.3 Å². The van der Waals surface area contributed by atoms with Crippen LogP contribution in [0.4, 0.5) is 10.2 Å². The number of pyridine rings is 1. The van der Waals surface area contributed by atoms with Crippen LogP contribution in [0.15, 0.2) is 35.2 Å². The minimum absolute atomic E-state index is 0.0397. The Morgan fingerprint density at radius 2 is 2.13 bits per heavy atom. The summed E-state index contributed by atoms with van der Waals surface area (Å²) in [6, 6.07) is 6.81. The predicted molar refractivity (Wildman–Crippen MR) is 110 cm³/mol. The van der Waals surface area contributed by atoms with E-state index in [0.717, 1.165) is 6.42 Å². The molecule has 1 atom stereocenters. The number of anilines is 1. The number of aromatic nitrogens is 1. The second-order valence-corrected chi connectivity index (χ2v) is 9.27. The van der Waals surface area contributed by atoms with Crippen LogP contribution in [-0.2, 0) is 14.6 Å². The zero-order chi connectivity index (χ0) is 21.7. The standard InChI is InChI=1S/C21H25FN2O5S/c1-3-9-29-19-6-4-16(30(26,27)13-15-8-10-28-12-15)11-17(19)21(25)24-20-7-5-18(22)14(2)23-20/h4-7,11,15H,3,8-10,12-13H2,1-2H3,(H,23,24,25)/t15-/m0/s1. The predicted octanol–water partition coefficient (Wildman–Crippen LogP) is 3.38. The molecule has 1 amide bonds. The Balaban J connectivity index is 1.89. The van der Waals surface area contributed by atoms with E-state index in [2.05, 4.69) is 10.3 Å². The molecule has 1 N–H and O–H groups in total. The Bertz CT molecular complexity index is 1020. The van der Waals surface area contributed by atoms with Gasteiger partial charge < -0.3 is 14.8 Å². The number of nitrogens with one attached hydrogen (secondary N) is 1. The number of benzene rings is 1. The third-order valence-corrected chi connectivity index (χ3v) is 6.64. The molecule has 0 unspecified atom stereocenters. The zero-order valence-corrected chi connectivity index (χ0v) is 17.8. The van der Waals surface area contributed by atoms with E-state index < -0.39 is 21.6 Å². The summed E-state index contributed by atoms with van der Waals surface area (Å²) in [7, 11) is -3.60. The Hall–Kier alpha value is -2.52. The van der Waals surface area contributed by atoms with Crippen LogP contribution in [-0.4, -0.2) is 44.9 Å². The Kier molecular flexibility index (Phi) is 7.04. The molecule has 30 heavy (non-hydrogen) atoms. The monoisotopic (exact) mass is 436 g/mol. The summed E-state index contributed by atoms with van der Waals surface area (Å²) in [6.45, 7) is 4.76. The number of sulfone groups is 1. The van der Waals surface area contributed by atoms with Gasteiger partial charge in [-0.25, -0.2) is 17.8 Å². The van der Waals surface area contributed by atoms with Crippen LogP contribution in [0.1, 0.15) is 35.8 Å². The van der Waals surface area contributed by atoms with Gasteiger partial charge in [0.05, 0.1) is 35.1 Å². The van der Waals surface area contributed by atoms with E-state index in [9.17, 15) is 17.6 Å². The summed E-state index contributed by atoms with van der Waals surface area (Å²) < 4.78 is 50.0. The minimum atomic E-state index is -3.60. The minimum Gasteiger partial charge on any atom is -0.493 e. The molecule has 0 saturated carbocycles. The Morgan fingerprint density at radius 3 is 2.80 bits per heavy atom. The second kappa shape index (κ2) is 9.53. The van der Waals surface area contributed by atoms with Gasteiger partial charge in [-0.2, -0.15) is 0 Å². The van der Waals surface area contributed by atoms with Gasteiger partial charge in [-0.05, 0) is 56.0 Å².